The molecule has 0 aliphatic heterocycles. The highest BCUT2D eigenvalue weighted by Gasteiger charge is 2.26. The van der Waals surface area contributed by atoms with Gasteiger partial charge < -0.3 is 29.4 Å². The van der Waals surface area contributed by atoms with Crippen LogP contribution in [0.25, 0.3) is 11.0 Å². The Balaban J connectivity index is 1.75. The van der Waals surface area contributed by atoms with Gasteiger partial charge in [0.05, 0.1) is 31.8 Å². The number of ether oxygens (including phenoxy) is 3. The largest absolute Gasteiger partial charge is 0.497 e. The number of methoxy groups -OCH3 is 3. The second-order valence-corrected chi connectivity index (χ2v) is 8.31. The molecule has 1 amide bonds. The monoisotopic (exact) mass is 466 g/mol. The van der Waals surface area contributed by atoms with Gasteiger partial charge in [0.2, 0.25) is 5.91 Å². The number of pyridine rings is 1. The third kappa shape index (κ3) is 4.99. The van der Waals surface area contributed by atoms with Gasteiger partial charge in [0.15, 0.2) is 5.69 Å². The first-order valence-corrected chi connectivity index (χ1v) is 11.3. The molecule has 9 nitrogen and oxygen atoms in total. The van der Waals surface area contributed by atoms with E-state index < -0.39 is 5.97 Å². The van der Waals surface area contributed by atoms with Crippen LogP contribution in [0.4, 0.5) is 11.4 Å². The molecule has 2 heterocycles. The predicted molar refractivity (Wildman–Crippen MR) is 130 cm³/mol. The Morgan fingerprint density at radius 3 is 2.53 bits per heavy atom. The topological polar surface area (TPSA) is 104 Å². The Morgan fingerprint density at radius 1 is 1.15 bits per heavy atom. The third-order valence-electron chi connectivity index (χ3n) is 6.08. The maximum atomic E-state index is 12.9. The van der Waals surface area contributed by atoms with Crippen molar-refractivity contribution in [2.45, 2.75) is 38.3 Å². The summed E-state index contributed by atoms with van der Waals surface area (Å²) in [6.45, 7) is 0.336. The Kier molecular flexibility index (Phi) is 7.32. The van der Waals surface area contributed by atoms with Crippen LogP contribution in [0.5, 0.6) is 5.75 Å². The normalized spacial score (nSPS) is 13.4. The minimum atomic E-state index is -0.547. The summed E-state index contributed by atoms with van der Waals surface area (Å²) < 4.78 is 17.1. The molecule has 1 saturated carbocycles. The lowest BCUT2D eigenvalue weighted by Crippen LogP contribution is -2.26. The van der Waals surface area contributed by atoms with Crippen molar-refractivity contribution in [3.05, 3.63) is 47.8 Å². The standard InChI is InChI=1S/C25H30N4O5/c1-32-15-21(30)28-22-20-13-18(27-17-5-4-6-17)14-26-24(20)29(23(22)25(31)34-3)12-11-16-7-9-19(33-2)10-8-16/h7-10,13-14,17,27H,4-6,11-12,15H2,1-3H3,(H,28,30). The molecular formula is C25H30N4O5. The number of rotatable bonds is 10. The second kappa shape index (κ2) is 10.6. The Morgan fingerprint density at radius 2 is 1.91 bits per heavy atom. The van der Waals surface area contributed by atoms with Gasteiger partial charge >= 0.3 is 5.97 Å². The molecule has 180 valence electrons. The number of carbonyl (C=O) groups is 2. The SMILES string of the molecule is COCC(=O)Nc1c(C(=O)OC)n(CCc2ccc(OC)cc2)c2ncc(NC3CCC3)cc12. The number of anilines is 2. The van der Waals surface area contributed by atoms with Crippen LogP contribution >= 0.6 is 0 Å². The Labute approximate surface area is 198 Å². The van der Waals surface area contributed by atoms with Crippen molar-refractivity contribution in [2.75, 3.05) is 38.6 Å². The van der Waals surface area contributed by atoms with Gasteiger partial charge in [-0.2, -0.15) is 0 Å². The van der Waals surface area contributed by atoms with Crippen molar-refractivity contribution in [3.63, 3.8) is 0 Å². The van der Waals surface area contributed by atoms with E-state index in [0.717, 1.165) is 29.8 Å². The van der Waals surface area contributed by atoms with Crippen LogP contribution in [0.2, 0.25) is 0 Å². The maximum absolute atomic E-state index is 12.9. The number of aryl methyl sites for hydroxylation is 2. The van der Waals surface area contributed by atoms with Crippen LogP contribution in [0.3, 0.4) is 0 Å². The molecule has 9 heteroatoms. The minimum absolute atomic E-state index is 0.132. The molecular weight excluding hydrogens is 436 g/mol. The third-order valence-corrected chi connectivity index (χ3v) is 6.08. The number of aromatic nitrogens is 2. The molecule has 0 saturated heterocycles. The van der Waals surface area contributed by atoms with Crippen LogP contribution < -0.4 is 15.4 Å². The van der Waals surface area contributed by atoms with E-state index in [-0.39, 0.29) is 18.2 Å². The summed E-state index contributed by atoms with van der Waals surface area (Å²) in [5, 5.41) is 6.99. The summed E-state index contributed by atoms with van der Waals surface area (Å²) >= 11 is 0. The van der Waals surface area contributed by atoms with Gasteiger partial charge in [-0.25, -0.2) is 9.78 Å². The molecule has 34 heavy (non-hydrogen) atoms. The molecule has 0 radical (unpaired) electrons. The summed E-state index contributed by atoms with van der Waals surface area (Å²) in [6.07, 6.45) is 5.86. The fraction of sp³-hybridized carbons (Fsp3) is 0.400. The molecule has 0 bridgehead atoms. The van der Waals surface area contributed by atoms with Crippen molar-refractivity contribution in [3.8, 4) is 5.75 Å². The van der Waals surface area contributed by atoms with Crippen LogP contribution in [0, 0.1) is 0 Å². The van der Waals surface area contributed by atoms with E-state index in [1.165, 1.54) is 20.6 Å². The minimum Gasteiger partial charge on any atom is -0.497 e. The van der Waals surface area contributed by atoms with E-state index in [1.807, 2.05) is 30.3 Å². The van der Waals surface area contributed by atoms with Gasteiger partial charge in [0, 0.05) is 25.1 Å². The van der Waals surface area contributed by atoms with Gasteiger partial charge in [0.1, 0.15) is 18.0 Å². The van der Waals surface area contributed by atoms with Gasteiger partial charge in [0.25, 0.3) is 0 Å². The molecule has 1 aliphatic carbocycles. The number of hydrogen-bond acceptors (Lipinski definition) is 7. The molecule has 2 N–H and O–H groups in total. The van der Waals surface area contributed by atoms with Crippen molar-refractivity contribution in [1.29, 1.82) is 0 Å². The van der Waals surface area contributed by atoms with E-state index >= 15 is 0 Å². The van der Waals surface area contributed by atoms with Crippen LogP contribution in [0.15, 0.2) is 36.5 Å². The first-order chi connectivity index (χ1) is 16.5. The predicted octanol–water partition coefficient (Wildman–Crippen LogP) is 3.62. The molecule has 2 aromatic heterocycles. The lowest BCUT2D eigenvalue weighted by Gasteiger charge is -2.27. The number of esters is 1. The summed E-state index contributed by atoms with van der Waals surface area (Å²) in [5.41, 5.74) is 3.16. The number of amides is 1. The average molecular weight is 467 g/mol. The number of benzene rings is 1. The van der Waals surface area contributed by atoms with Crippen molar-refractivity contribution < 1.29 is 23.8 Å². The number of hydrogen-bond donors (Lipinski definition) is 2. The fourth-order valence-corrected chi connectivity index (χ4v) is 4.09. The molecule has 1 aromatic carbocycles. The second-order valence-electron chi connectivity index (χ2n) is 8.31. The zero-order valence-corrected chi connectivity index (χ0v) is 19.7. The lowest BCUT2D eigenvalue weighted by molar-refractivity contribution is -0.119. The van der Waals surface area contributed by atoms with E-state index in [0.29, 0.717) is 35.7 Å². The van der Waals surface area contributed by atoms with Crippen LogP contribution in [0.1, 0.15) is 35.3 Å². The van der Waals surface area contributed by atoms with E-state index in [4.69, 9.17) is 14.2 Å². The molecule has 3 aromatic rings. The highest BCUT2D eigenvalue weighted by Crippen LogP contribution is 2.34. The first kappa shape index (κ1) is 23.6. The molecule has 0 unspecified atom stereocenters. The van der Waals surface area contributed by atoms with Gasteiger partial charge in [-0.15, -0.1) is 0 Å². The molecule has 4 rings (SSSR count). The van der Waals surface area contributed by atoms with Crippen LogP contribution in [-0.2, 0) is 27.2 Å². The number of carbonyl (C=O) groups excluding carboxylic acids is 2. The fourth-order valence-electron chi connectivity index (χ4n) is 4.09. The van der Waals surface area contributed by atoms with Crippen molar-refractivity contribution in [1.82, 2.24) is 9.55 Å². The number of nitrogens with zero attached hydrogens (tertiary/aromatic N) is 2. The van der Waals surface area contributed by atoms with E-state index in [2.05, 4.69) is 15.6 Å². The van der Waals surface area contributed by atoms with E-state index in [9.17, 15) is 9.59 Å². The Hall–Kier alpha value is -3.59. The van der Waals surface area contributed by atoms with E-state index in [1.54, 1.807) is 17.9 Å². The molecule has 1 fully saturated rings. The zero-order chi connectivity index (χ0) is 24.1. The summed E-state index contributed by atoms with van der Waals surface area (Å²) in [7, 11) is 4.40. The zero-order valence-electron chi connectivity index (χ0n) is 19.7. The number of nitrogens with one attached hydrogen (secondary N) is 2. The Bertz CT molecular complexity index is 1170. The van der Waals surface area contributed by atoms with Gasteiger partial charge in [-0.3, -0.25) is 4.79 Å². The van der Waals surface area contributed by atoms with Crippen molar-refractivity contribution in [2.24, 2.45) is 0 Å². The average Bonchev–Trinajstić information content (AvgIpc) is 3.12. The summed E-state index contributed by atoms with van der Waals surface area (Å²) in [4.78, 5) is 30.0. The van der Waals surface area contributed by atoms with Crippen LogP contribution in [-0.4, -0.2) is 55.4 Å². The van der Waals surface area contributed by atoms with Gasteiger partial charge in [-0.1, -0.05) is 12.1 Å². The highest BCUT2D eigenvalue weighted by molar-refractivity contribution is 6.11. The van der Waals surface area contributed by atoms with Gasteiger partial charge in [-0.05, 0) is 49.4 Å². The maximum Gasteiger partial charge on any atom is 0.356 e. The van der Waals surface area contributed by atoms with Crippen molar-refractivity contribution >= 4 is 34.3 Å². The molecule has 0 atom stereocenters. The highest BCUT2D eigenvalue weighted by atomic mass is 16.5. The summed E-state index contributed by atoms with van der Waals surface area (Å²) in [5.74, 6) is -0.130. The quantitative estimate of drug-likeness (QED) is 0.440. The first-order valence-electron chi connectivity index (χ1n) is 11.3. The molecule has 0 spiro atoms. The smallest absolute Gasteiger partial charge is 0.356 e. The lowest BCUT2D eigenvalue weighted by atomic mass is 9.93. The molecule has 1 aliphatic rings. The number of fused-ring (bicyclic) bond motifs is 1. The summed E-state index contributed by atoms with van der Waals surface area (Å²) in [6, 6.07) is 10.1.